The lowest BCUT2D eigenvalue weighted by Gasteiger charge is -2.41. The van der Waals surface area contributed by atoms with Gasteiger partial charge in [0.25, 0.3) is 0 Å². The molecule has 1 aliphatic heterocycles. The Hall–Kier alpha value is -0.610. The van der Waals surface area contributed by atoms with Gasteiger partial charge in [0.05, 0.1) is 6.10 Å². The lowest BCUT2D eigenvalue weighted by atomic mass is 9.83. The van der Waals surface area contributed by atoms with Crippen LogP contribution in [0.3, 0.4) is 0 Å². The molecule has 1 aliphatic carbocycles. The van der Waals surface area contributed by atoms with Crippen LogP contribution in [0.4, 0.5) is 0 Å². The van der Waals surface area contributed by atoms with E-state index in [1.54, 1.807) is 0 Å². The van der Waals surface area contributed by atoms with Crippen LogP contribution < -0.4 is 5.32 Å². The van der Waals surface area contributed by atoms with Crippen molar-refractivity contribution in [3.8, 4) is 0 Å². The van der Waals surface area contributed by atoms with Gasteiger partial charge >= 0.3 is 5.97 Å². The summed E-state index contributed by atoms with van der Waals surface area (Å²) in [6.45, 7) is 2.62. The molecule has 104 valence electrons. The monoisotopic (exact) mass is 255 g/mol. The Morgan fingerprint density at radius 2 is 2.11 bits per heavy atom. The summed E-state index contributed by atoms with van der Waals surface area (Å²) in [6, 6.07) is 0.380. The van der Waals surface area contributed by atoms with Crippen LogP contribution in [0.15, 0.2) is 0 Å². The van der Waals surface area contributed by atoms with Gasteiger partial charge < -0.3 is 9.84 Å². The maximum atomic E-state index is 11.7. The third kappa shape index (κ3) is 3.04. The first-order chi connectivity index (χ1) is 8.66. The van der Waals surface area contributed by atoms with E-state index < -0.39 is 11.5 Å². The lowest BCUT2D eigenvalue weighted by molar-refractivity contribution is -0.153. The minimum atomic E-state index is -0.749. The van der Waals surface area contributed by atoms with Crippen molar-refractivity contribution >= 4 is 5.97 Å². The topological polar surface area (TPSA) is 58.6 Å². The largest absolute Gasteiger partial charge is 0.480 e. The van der Waals surface area contributed by atoms with Crippen LogP contribution in [0.1, 0.15) is 58.3 Å². The van der Waals surface area contributed by atoms with Gasteiger partial charge in [-0.3, -0.25) is 10.1 Å². The Bertz CT molecular complexity index is 289. The number of hydrogen-bond acceptors (Lipinski definition) is 3. The quantitative estimate of drug-likeness (QED) is 0.809. The highest BCUT2D eigenvalue weighted by atomic mass is 16.5. The SMILES string of the molecule is CCC1CC(NC2CCCCC2)(C(=O)O)CCO1. The van der Waals surface area contributed by atoms with E-state index in [1.165, 1.54) is 19.3 Å². The van der Waals surface area contributed by atoms with E-state index in [-0.39, 0.29) is 6.10 Å². The molecule has 2 fully saturated rings. The fraction of sp³-hybridized carbons (Fsp3) is 0.929. The molecule has 1 saturated heterocycles. The molecule has 2 aliphatic rings. The molecule has 2 rings (SSSR count). The third-order valence-corrected chi connectivity index (χ3v) is 4.41. The van der Waals surface area contributed by atoms with E-state index in [9.17, 15) is 9.90 Å². The number of carboxylic acid groups (broad SMARTS) is 1. The molecule has 1 saturated carbocycles. The summed E-state index contributed by atoms with van der Waals surface area (Å²) in [5.41, 5.74) is -0.749. The Morgan fingerprint density at radius 3 is 2.72 bits per heavy atom. The molecular formula is C14H25NO3. The van der Waals surface area contributed by atoms with Crippen molar-refractivity contribution < 1.29 is 14.6 Å². The molecule has 0 bridgehead atoms. The maximum absolute atomic E-state index is 11.7. The third-order valence-electron chi connectivity index (χ3n) is 4.41. The number of rotatable bonds is 4. The van der Waals surface area contributed by atoms with E-state index in [2.05, 4.69) is 12.2 Å². The molecule has 0 spiro atoms. The molecule has 0 radical (unpaired) electrons. The molecule has 1 heterocycles. The van der Waals surface area contributed by atoms with Gasteiger partial charge in [-0.05, 0) is 25.7 Å². The number of carbonyl (C=O) groups is 1. The van der Waals surface area contributed by atoms with Crippen LogP contribution in [0.5, 0.6) is 0 Å². The molecule has 0 aromatic carbocycles. The molecular weight excluding hydrogens is 230 g/mol. The first-order valence-electron chi connectivity index (χ1n) is 7.29. The summed E-state index contributed by atoms with van der Waals surface area (Å²) in [4.78, 5) is 11.7. The standard InChI is InChI=1S/C14H25NO3/c1-2-12-10-14(13(16)17,8-9-18-12)15-11-6-4-3-5-7-11/h11-12,15H,2-10H2,1H3,(H,16,17). The lowest BCUT2D eigenvalue weighted by Crippen LogP contribution is -2.60. The summed E-state index contributed by atoms with van der Waals surface area (Å²) in [6.07, 6.45) is 8.15. The molecule has 2 N–H and O–H groups in total. The Labute approximate surface area is 109 Å². The second-order valence-corrected chi connectivity index (χ2v) is 5.72. The molecule has 2 atom stereocenters. The van der Waals surface area contributed by atoms with Crippen LogP contribution in [0.2, 0.25) is 0 Å². The van der Waals surface area contributed by atoms with Crippen molar-refractivity contribution in [3.05, 3.63) is 0 Å². The Kier molecular flexibility index (Phi) is 4.62. The summed E-state index contributed by atoms with van der Waals surface area (Å²) >= 11 is 0. The number of carboxylic acids is 1. The minimum absolute atomic E-state index is 0.0888. The van der Waals surface area contributed by atoms with Crippen LogP contribution in [-0.2, 0) is 9.53 Å². The molecule has 0 aromatic heterocycles. The van der Waals surface area contributed by atoms with Gasteiger partial charge in [0.1, 0.15) is 5.54 Å². The van der Waals surface area contributed by atoms with Crippen molar-refractivity contribution in [3.63, 3.8) is 0 Å². The van der Waals surface area contributed by atoms with Crippen LogP contribution in [0.25, 0.3) is 0 Å². The van der Waals surface area contributed by atoms with E-state index in [4.69, 9.17) is 4.74 Å². The fourth-order valence-corrected chi connectivity index (χ4v) is 3.24. The second kappa shape index (κ2) is 6.02. The highest BCUT2D eigenvalue weighted by molar-refractivity contribution is 5.79. The number of ether oxygens (including phenoxy) is 1. The van der Waals surface area contributed by atoms with Crippen molar-refractivity contribution in [1.29, 1.82) is 0 Å². The number of nitrogens with one attached hydrogen (secondary N) is 1. The Morgan fingerprint density at radius 1 is 1.39 bits per heavy atom. The minimum Gasteiger partial charge on any atom is -0.480 e. The van der Waals surface area contributed by atoms with Gasteiger partial charge in [0.15, 0.2) is 0 Å². The fourth-order valence-electron chi connectivity index (χ4n) is 3.24. The summed E-state index contributed by atoms with van der Waals surface area (Å²) in [5, 5.41) is 13.1. The number of hydrogen-bond donors (Lipinski definition) is 2. The average Bonchev–Trinajstić information content (AvgIpc) is 2.40. The van der Waals surface area contributed by atoms with Crippen molar-refractivity contribution in [2.24, 2.45) is 0 Å². The maximum Gasteiger partial charge on any atom is 0.324 e. The summed E-state index contributed by atoms with van der Waals surface area (Å²) in [5.74, 6) is -0.699. The van der Waals surface area contributed by atoms with Crippen LogP contribution >= 0.6 is 0 Å². The van der Waals surface area contributed by atoms with Crippen molar-refractivity contribution in [2.45, 2.75) is 76.0 Å². The van der Waals surface area contributed by atoms with Crippen molar-refractivity contribution in [1.82, 2.24) is 5.32 Å². The van der Waals surface area contributed by atoms with Gasteiger partial charge in [0, 0.05) is 19.1 Å². The zero-order valence-corrected chi connectivity index (χ0v) is 11.3. The van der Waals surface area contributed by atoms with E-state index in [1.807, 2.05) is 0 Å². The van der Waals surface area contributed by atoms with E-state index in [0.29, 0.717) is 25.5 Å². The van der Waals surface area contributed by atoms with E-state index in [0.717, 1.165) is 19.3 Å². The first kappa shape index (κ1) is 13.8. The molecule has 0 aromatic rings. The molecule has 4 nitrogen and oxygen atoms in total. The second-order valence-electron chi connectivity index (χ2n) is 5.72. The van der Waals surface area contributed by atoms with Gasteiger partial charge in [-0.1, -0.05) is 26.2 Å². The van der Waals surface area contributed by atoms with Gasteiger partial charge in [0.2, 0.25) is 0 Å². The van der Waals surface area contributed by atoms with Gasteiger partial charge in [-0.2, -0.15) is 0 Å². The summed E-state index contributed by atoms with van der Waals surface area (Å²) in [7, 11) is 0. The first-order valence-corrected chi connectivity index (χ1v) is 7.29. The highest BCUT2D eigenvalue weighted by Crippen LogP contribution is 2.30. The molecule has 0 amide bonds. The van der Waals surface area contributed by atoms with Crippen LogP contribution in [-0.4, -0.2) is 35.4 Å². The van der Waals surface area contributed by atoms with Crippen molar-refractivity contribution in [2.75, 3.05) is 6.61 Å². The van der Waals surface area contributed by atoms with Gasteiger partial charge in [-0.25, -0.2) is 0 Å². The molecule has 2 unspecified atom stereocenters. The van der Waals surface area contributed by atoms with E-state index >= 15 is 0 Å². The van der Waals surface area contributed by atoms with Crippen LogP contribution in [0, 0.1) is 0 Å². The zero-order valence-electron chi connectivity index (χ0n) is 11.3. The zero-order chi connectivity index (χ0) is 13.0. The summed E-state index contributed by atoms with van der Waals surface area (Å²) < 4.78 is 5.62. The Balaban J connectivity index is 2.03. The molecule has 18 heavy (non-hydrogen) atoms. The number of aliphatic carboxylic acids is 1. The molecule has 4 heteroatoms. The predicted octanol–water partition coefficient (Wildman–Crippen LogP) is 2.32. The van der Waals surface area contributed by atoms with Gasteiger partial charge in [-0.15, -0.1) is 0 Å². The highest BCUT2D eigenvalue weighted by Gasteiger charge is 2.44. The normalized spacial score (nSPS) is 34.4. The smallest absolute Gasteiger partial charge is 0.324 e. The predicted molar refractivity (Wildman–Crippen MR) is 69.6 cm³/mol. The average molecular weight is 255 g/mol.